The molecule has 0 fully saturated rings. The largest absolute Gasteiger partial charge is 1.00 e. The molecule has 0 atom stereocenters. The first-order valence-corrected chi connectivity index (χ1v) is 11.5. The molecular weight excluding hydrogens is 543 g/mol. The Morgan fingerprint density at radius 1 is 1.12 bits per heavy atom. The summed E-state index contributed by atoms with van der Waals surface area (Å²) in [5, 5.41) is 5.68. The summed E-state index contributed by atoms with van der Waals surface area (Å²) in [5.41, 5.74) is 2.80. The maximum Gasteiger partial charge on any atom is 0.369 e. The van der Waals surface area contributed by atoms with Gasteiger partial charge in [-0.3, -0.25) is 10.1 Å². The molecule has 3 nitrogen and oxygen atoms in total. The molecule has 7 heteroatoms. The minimum absolute atomic E-state index is 0. The summed E-state index contributed by atoms with van der Waals surface area (Å²) in [6, 6.07) is 18.3. The number of thiophene rings is 1. The van der Waals surface area contributed by atoms with Gasteiger partial charge in [0.05, 0.1) is 10.2 Å². The fourth-order valence-electron chi connectivity index (χ4n) is 2.36. The standard InChI is InChI=1S/C19H13IN2OS2.BrH/c1-12-7-8-15-16(10-12)25-19(21-15)22-18(23)13-4-2-5-14(11-13)20-17-6-3-9-24-17;/h2-11H,1H3;1H. The Bertz CT molecular complexity index is 1050. The molecule has 0 unspecified atom stereocenters. The van der Waals surface area contributed by atoms with Gasteiger partial charge in [-0.25, -0.2) is 4.98 Å². The van der Waals surface area contributed by atoms with Crippen LogP contribution in [0.15, 0.2) is 60.0 Å². The van der Waals surface area contributed by atoms with Crippen LogP contribution in [0.5, 0.6) is 0 Å². The first kappa shape index (κ1) is 19.5. The highest BCUT2D eigenvalue weighted by Gasteiger charge is 2.19. The second kappa shape index (κ2) is 8.60. The van der Waals surface area contributed by atoms with Gasteiger partial charge in [-0.2, -0.15) is 0 Å². The van der Waals surface area contributed by atoms with E-state index < -0.39 is 0 Å². The van der Waals surface area contributed by atoms with Gasteiger partial charge in [0, 0.05) is 17.7 Å². The van der Waals surface area contributed by atoms with Gasteiger partial charge in [0.1, 0.15) is 0 Å². The van der Waals surface area contributed by atoms with Crippen molar-refractivity contribution in [3.63, 3.8) is 0 Å². The van der Waals surface area contributed by atoms with Crippen molar-refractivity contribution in [2.75, 3.05) is 5.32 Å². The molecule has 0 aliphatic rings. The van der Waals surface area contributed by atoms with E-state index in [1.54, 1.807) is 11.3 Å². The number of thiazole rings is 1. The summed E-state index contributed by atoms with van der Waals surface area (Å²) >= 11 is 3.05. The predicted octanol–water partition coefficient (Wildman–Crippen LogP) is -0.949. The molecule has 2 aromatic carbocycles. The van der Waals surface area contributed by atoms with Crippen molar-refractivity contribution in [3.8, 4) is 0 Å². The van der Waals surface area contributed by atoms with Gasteiger partial charge in [-0.1, -0.05) is 34.8 Å². The van der Waals surface area contributed by atoms with Gasteiger partial charge in [0.25, 0.3) is 5.91 Å². The average molecular weight is 557 g/mol. The van der Waals surface area contributed by atoms with Crippen LogP contribution in [0.25, 0.3) is 10.2 Å². The van der Waals surface area contributed by atoms with E-state index in [1.165, 1.54) is 23.4 Å². The number of fused-ring (bicyclic) bond motifs is 1. The molecule has 0 aliphatic heterocycles. The van der Waals surface area contributed by atoms with E-state index in [0.29, 0.717) is 10.7 Å². The Kier molecular flexibility index (Phi) is 6.44. The Hall–Kier alpha value is -1.29. The number of nitrogens with one attached hydrogen (secondary N) is 1. The van der Waals surface area contributed by atoms with Crippen LogP contribution in [-0.2, 0) is 0 Å². The first-order chi connectivity index (χ1) is 12.2. The molecular formula is C19H14BrIN2OS2. The van der Waals surface area contributed by atoms with Crippen LogP contribution in [0, 0.1) is 13.4 Å². The number of aromatic nitrogens is 1. The van der Waals surface area contributed by atoms with Crippen molar-refractivity contribution in [2.24, 2.45) is 0 Å². The lowest BCUT2D eigenvalue weighted by Crippen LogP contribution is -3.61. The Balaban J connectivity index is 0.00000196. The van der Waals surface area contributed by atoms with E-state index in [9.17, 15) is 4.79 Å². The number of carbonyl (C=O) groups excluding carboxylic acids is 1. The molecule has 26 heavy (non-hydrogen) atoms. The van der Waals surface area contributed by atoms with Gasteiger partial charge >= 0.3 is 21.2 Å². The molecule has 4 rings (SSSR count). The molecule has 0 aliphatic carbocycles. The van der Waals surface area contributed by atoms with Gasteiger partial charge in [-0.05, 0) is 48.2 Å². The third kappa shape index (κ3) is 4.51. The number of nitrogens with zero attached hydrogens (tertiary/aromatic N) is 1. The van der Waals surface area contributed by atoms with Gasteiger partial charge in [0.2, 0.25) is 2.88 Å². The van der Waals surface area contributed by atoms with Crippen molar-refractivity contribution in [1.29, 1.82) is 0 Å². The summed E-state index contributed by atoms with van der Waals surface area (Å²) in [5.74, 6) is -0.104. The lowest BCUT2D eigenvalue weighted by Gasteiger charge is -2.00. The molecule has 4 aromatic rings. The summed E-state index contributed by atoms with van der Waals surface area (Å²) in [6.07, 6.45) is 0. The number of rotatable bonds is 4. The lowest BCUT2D eigenvalue weighted by atomic mass is 10.2. The molecule has 0 saturated carbocycles. The number of benzene rings is 2. The minimum atomic E-state index is -0.231. The smallest absolute Gasteiger partial charge is 0.369 e. The fraction of sp³-hybridized carbons (Fsp3) is 0.0526. The maximum absolute atomic E-state index is 12.6. The number of halogens is 2. The molecule has 2 aromatic heterocycles. The predicted molar refractivity (Wildman–Crippen MR) is 100 cm³/mol. The number of hydrogen-bond acceptors (Lipinski definition) is 4. The van der Waals surface area contributed by atoms with Crippen molar-refractivity contribution in [2.45, 2.75) is 6.92 Å². The molecule has 0 saturated heterocycles. The highest BCUT2D eigenvalue weighted by atomic mass is 127. The normalized spacial score (nSPS) is 10.5. The van der Waals surface area contributed by atoms with Crippen LogP contribution in [0.4, 0.5) is 5.13 Å². The Morgan fingerprint density at radius 2 is 2.00 bits per heavy atom. The molecule has 0 radical (unpaired) electrons. The number of anilines is 1. The highest BCUT2D eigenvalue weighted by molar-refractivity contribution is 7.22. The van der Waals surface area contributed by atoms with Crippen LogP contribution in [-0.4, -0.2) is 10.9 Å². The molecule has 1 N–H and O–H groups in total. The summed E-state index contributed by atoms with van der Waals surface area (Å²) in [4.78, 5) is 17.1. The SMILES string of the molecule is Cc1ccc2nc(NC(=O)c3cccc([I+]c4cccs4)c3)sc2c1.[Br-]. The number of hydrogen-bond donors (Lipinski definition) is 1. The van der Waals surface area contributed by atoms with Crippen LogP contribution >= 0.6 is 22.7 Å². The van der Waals surface area contributed by atoms with Crippen LogP contribution in [0.2, 0.25) is 0 Å². The molecule has 0 spiro atoms. The first-order valence-electron chi connectivity index (χ1n) is 7.64. The number of aryl methyl sites for hydroxylation is 1. The van der Waals surface area contributed by atoms with Crippen molar-refractivity contribution in [1.82, 2.24) is 4.98 Å². The third-order valence-corrected chi connectivity index (χ3v) is 8.59. The van der Waals surface area contributed by atoms with E-state index in [4.69, 9.17) is 0 Å². The quantitative estimate of drug-likeness (QED) is 0.329. The van der Waals surface area contributed by atoms with Crippen molar-refractivity contribution < 1.29 is 43.0 Å². The average Bonchev–Trinajstić information content (AvgIpc) is 3.24. The zero-order valence-corrected chi connectivity index (χ0v) is 19.1. The number of carbonyl (C=O) groups is 1. The molecule has 1 amide bonds. The van der Waals surface area contributed by atoms with Crippen molar-refractivity contribution in [3.05, 3.63) is 77.6 Å². The third-order valence-electron chi connectivity index (χ3n) is 3.54. The molecule has 2 heterocycles. The van der Waals surface area contributed by atoms with Crippen molar-refractivity contribution >= 4 is 43.9 Å². The summed E-state index contributed by atoms with van der Waals surface area (Å²) in [6.45, 7) is 2.06. The van der Waals surface area contributed by atoms with E-state index in [0.717, 1.165) is 10.2 Å². The monoisotopic (exact) mass is 556 g/mol. The zero-order valence-electron chi connectivity index (χ0n) is 13.7. The van der Waals surface area contributed by atoms with Crippen LogP contribution in [0.3, 0.4) is 0 Å². The Morgan fingerprint density at radius 3 is 2.81 bits per heavy atom. The highest BCUT2D eigenvalue weighted by Crippen LogP contribution is 2.26. The van der Waals surface area contributed by atoms with E-state index >= 15 is 0 Å². The minimum Gasteiger partial charge on any atom is -1.00 e. The van der Waals surface area contributed by atoms with Crippen LogP contribution < -0.4 is 43.5 Å². The van der Waals surface area contributed by atoms with Crippen LogP contribution in [0.1, 0.15) is 15.9 Å². The lowest BCUT2D eigenvalue weighted by molar-refractivity contribution is -0.591. The van der Waals surface area contributed by atoms with E-state index in [-0.39, 0.29) is 44.1 Å². The van der Waals surface area contributed by atoms with E-state index in [2.05, 4.69) is 46.9 Å². The summed E-state index contributed by atoms with van der Waals surface area (Å²) < 4.78 is 3.74. The Labute approximate surface area is 180 Å². The fourth-order valence-corrected chi connectivity index (χ4v) is 7.11. The second-order valence-corrected chi connectivity index (χ2v) is 11.1. The second-order valence-electron chi connectivity index (χ2n) is 5.47. The number of amides is 1. The molecule has 0 bridgehead atoms. The maximum atomic E-state index is 12.6. The van der Waals surface area contributed by atoms with Gasteiger partial charge in [0.15, 0.2) is 8.70 Å². The van der Waals surface area contributed by atoms with Gasteiger partial charge < -0.3 is 17.0 Å². The zero-order chi connectivity index (χ0) is 17.2. The topological polar surface area (TPSA) is 42.0 Å². The van der Waals surface area contributed by atoms with E-state index in [1.807, 2.05) is 30.3 Å². The molecule has 132 valence electrons. The summed E-state index contributed by atoms with van der Waals surface area (Å²) in [7, 11) is 0. The van der Waals surface area contributed by atoms with Gasteiger partial charge in [-0.15, -0.1) is 0 Å².